The third-order valence-corrected chi connectivity index (χ3v) is 6.42. The minimum atomic E-state index is -1.59. The van der Waals surface area contributed by atoms with Crippen LogP contribution in [0.25, 0.3) is 38.6 Å². The zero-order chi connectivity index (χ0) is 23.8. The molecule has 1 aromatic heterocycles. The van der Waals surface area contributed by atoms with E-state index in [0.717, 1.165) is 33.5 Å². The predicted octanol–water partition coefficient (Wildman–Crippen LogP) is 5.87. The molecule has 6 rings (SSSR count). The summed E-state index contributed by atoms with van der Waals surface area (Å²) in [6.45, 7) is 0. The fraction of sp³-hybridized carbons (Fsp3) is 0. The van der Waals surface area contributed by atoms with Crippen molar-refractivity contribution in [3.8, 4) is 16.8 Å². The Bertz CT molecular complexity index is 1590. The van der Waals surface area contributed by atoms with E-state index in [1.54, 1.807) is 6.07 Å². The lowest BCUT2D eigenvalue weighted by Crippen LogP contribution is -2.32. The van der Waals surface area contributed by atoms with Crippen molar-refractivity contribution in [2.45, 2.75) is 0 Å². The Morgan fingerprint density at radius 1 is 0.571 bits per heavy atom. The predicted molar refractivity (Wildman–Crippen MR) is 146 cm³/mol. The smallest absolute Gasteiger partial charge is 0.423 e. The van der Waals surface area contributed by atoms with E-state index in [9.17, 15) is 10.0 Å². The van der Waals surface area contributed by atoms with Crippen LogP contribution in [0.4, 0.5) is 11.4 Å². The van der Waals surface area contributed by atoms with Crippen molar-refractivity contribution in [1.82, 2.24) is 4.57 Å². The van der Waals surface area contributed by atoms with E-state index in [4.69, 9.17) is 0 Å². The van der Waals surface area contributed by atoms with Crippen molar-refractivity contribution in [3.63, 3.8) is 0 Å². The third kappa shape index (κ3) is 3.87. The summed E-state index contributed by atoms with van der Waals surface area (Å²) in [6, 6.07) is 40.7. The molecule has 0 aliphatic carbocycles. The van der Waals surface area contributed by atoms with Gasteiger partial charge in [0.25, 0.3) is 0 Å². The second-order valence-electron chi connectivity index (χ2n) is 8.58. The van der Waals surface area contributed by atoms with Crippen molar-refractivity contribution in [3.05, 3.63) is 121 Å². The van der Waals surface area contributed by atoms with Gasteiger partial charge in [-0.3, -0.25) is 0 Å². The summed E-state index contributed by atoms with van der Waals surface area (Å²) in [6.07, 6.45) is 0. The van der Waals surface area contributed by atoms with Crippen LogP contribution in [0.15, 0.2) is 121 Å². The molecule has 3 N–H and O–H groups in total. The van der Waals surface area contributed by atoms with Gasteiger partial charge in [-0.1, -0.05) is 84.9 Å². The Morgan fingerprint density at radius 2 is 1.14 bits per heavy atom. The lowest BCUT2D eigenvalue weighted by molar-refractivity contribution is 0.426. The number of aromatic nitrogens is 1. The molecule has 0 amide bonds. The molecular formula is C30H23BN2O2. The summed E-state index contributed by atoms with van der Waals surface area (Å²) in [5.74, 6) is 0. The molecule has 35 heavy (non-hydrogen) atoms. The lowest BCUT2D eigenvalue weighted by atomic mass is 9.78. The van der Waals surface area contributed by atoms with Gasteiger partial charge in [-0.2, -0.15) is 0 Å². The normalized spacial score (nSPS) is 11.1. The monoisotopic (exact) mass is 454 g/mol. The molecule has 0 saturated heterocycles. The van der Waals surface area contributed by atoms with Gasteiger partial charge >= 0.3 is 7.12 Å². The third-order valence-electron chi connectivity index (χ3n) is 6.42. The summed E-state index contributed by atoms with van der Waals surface area (Å²) in [7, 11) is -1.59. The van der Waals surface area contributed by atoms with Gasteiger partial charge < -0.3 is 19.9 Å². The van der Waals surface area contributed by atoms with Gasteiger partial charge in [0, 0.05) is 33.3 Å². The molecule has 1 heterocycles. The first kappa shape index (κ1) is 21.2. The molecule has 6 aromatic rings. The number of fused-ring (bicyclic) bond motifs is 3. The Labute approximate surface area is 203 Å². The van der Waals surface area contributed by atoms with E-state index in [0.29, 0.717) is 11.2 Å². The molecule has 0 fully saturated rings. The molecule has 0 aliphatic rings. The van der Waals surface area contributed by atoms with Crippen LogP contribution in [0.5, 0.6) is 0 Å². The molecule has 0 spiro atoms. The van der Waals surface area contributed by atoms with Crippen molar-refractivity contribution < 1.29 is 10.0 Å². The Hall–Kier alpha value is -4.32. The fourth-order valence-electron chi connectivity index (χ4n) is 4.75. The van der Waals surface area contributed by atoms with Crippen molar-refractivity contribution in [2.24, 2.45) is 0 Å². The number of nitrogens with zero attached hydrogens (tertiary/aromatic N) is 1. The van der Waals surface area contributed by atoms with E-state index in [1.165, 1.54) is 10.8 Å². The highest BCUT2D eigenvalue weighted by molar-refractivity contribution is 6.60. The summed E-state index contributed by atoms with van der Waals surface area (Å²) in [5, 5.41) is 25.9. The summed E-state index contributed by atoms with van der Waals surface area (Å²) >= 11 is 0. The number of benzene rings is 5. The SMILES string of the molecule is OB(O)c1ccc(-n2c3ccccc3c3ccccc32)cc1Nc1ccc(-c2ccccc2)cc1. The van der Waals surface area contributed by atoms with Crippen molar-refractivity contribution in [1.29, 1.82) is 0 Å². The van der Waals surface area contributed by atoms with Gasteiger partial charge in [0.2, 0.25) is 0 Å². The number of hydrogen-bond acceptors (Lipinski definition) is 3. The van der Waals surface area contributed by atoms with Crippen molar-refractivity contribution >= 4 is 45.8 Å². The first-order valence-corrected chi connectivity index (χ1v) is 11.6. The molecule has 0 radical (unpaired) electrons. The second-order valence-corrected chi connectivity index (χ2v) is 8.58. The molecule has 0 bridgehead atoms. The zero-order valence-electron chi connectivity index (χ0n) is 19.0. The number of nitrogens with one attached hydrogen (secondary N) is 1. The first-order valence-electron chi connectivity index (χ1n) is 11.6. The summed E-state index contributed by atoms with van der Waals surface area (Å²) in [4.78, 5) is 0. The van der Waals surface area contributed by atoms with Crippen molar-refractivity contribution in [2.75, 3.05) is 5.32 Å². The maximum absolute atomic E-state index is 10.0. The molecule has 5 heteroatoms. The van der Waals surface area contributed by atoms with E-state index in [-0.39, 0.29) is 0 Å². The van der Waals surface area contributed by atoms with Crippen LogP contribution < -0.4 is 10.8 Å². The number of anilines is 2. The number of hydrogen-bond donors (Lipinski definition) is 3. The van der Waals surface area contributed by atoms with Crippen LogP contribution >= 0.6 is 0 Å². The molecule has 5 aromatic carbocycles. The topological polar surface area (TPSA) is 57.4 Å². The quantitative estimate of drug-likeness (QED) is 0.286. The Kier molecular flexibility index (Phi) is 5.34. The molecule has 0 aliphatic heterocycles. The van der Waals surface area contributed by atoms with Crippen LogP contribution in [0.3, 0.4) is 0 Å². The highest BCUT2D eigenvalue weighted by Crippen LogP contribution is 2.32. The van der Waals surface area contributed by atoms with Crippen LogP contribution in [0.2, 0.25) is 0 Å². The zero-order valence-corrected chi connectivity index (χ0v) is 19.0. The van der Waals surface area contributed by atoms with E-state index in [1.807, 2.05) is 54.6 Å². The maximum Gasteiger partial charge on any atom is 0.490 e. The van der Waals surface area contributed by atoms with Gasteiger partial charge in [-0.05, 0) is 47.5 Å². The Morgan fingerprint density at radius 3 is 1.77 bits per heavy atom. The van der Waals surface area contributed by atoms with Gasteiger partial charge in [0.05, 0.1) is 11.0 Å². The standard InChI is InChI=1S/C30H23BN2O2/c34-31(35)27-19-18-24(33-29-12-6-4-10-25(29)26-11-5-7-13-30(26)33)20-28(27)32-23-16-14-22(15-17-23)21-8-2-1-3-9-21/h1-20,32,34-35H. The van der Waals surface area contributed by atoms with E-state index >= 15 is 0 Å². The Balaban J connectivity index is 1.44. The van der Waals surface area contributed by atoms with Gasteiger partial charge in [-0.25, -0.2) is 0 Å². The molecule has 0 atom stereocenters. The number of para-hydroxylation sites is 2. The maximum atomic E-state index is 10.0. The largest absolute Gasteiger partial charge is 0.490 e. The minimum absolute atomic E-state index is 0.418. The molecule has 0 saturated carbocycles. The average Bonchev–Trinajstić information content (AvgIpc) is 3.24. The average molecular weight is 454 g/mol. The minimum Gasteiger partial charge on any atom is -0.423 e. The van der Waals surface area contributed by atoms with E-state index < -0.39 is 7.12 Å². The van der Waals surface area contributed by atoms with Gasteiger partial charge in [0.15, 0.2) is 0 Å². The van der Waals surface area contributed by atoms with Gasteiger partial charge in [-0.15, -0.1) is 0 Å². The molecular weight excluding hydrogens is 431 g/mol. The van der Waals surface area contributed by atoms with Crippen LogP contribution in [-0.2, 0) is 0 Å². The van der Waals surface area contributed by atoms with Gasteiger partial charge in [0.1, 0.15) is 0 Å². The fourth-order valence-corrected chi connectivity index (χ4v) is 4.75. The molecule has 4 nitrogen and oxygen atoms in total. The molecule has 168 valence electrons. The highest BCUT2D eigenvalue weighted by atomic mass is 16.4. The summed E-state index contributed by atoms with van der Waals surface area (Å²) in [5.41, 5.74) is 7.35. The highest BCUT2D eigenvalue weighted by Gasteiger charge is 2.19. The number of rotatable bonds is 5. The van der Waals surface area contributed by atoms with Crippen LogP contribution in [-0.4, -0.2) is 21.7 Å². The van der Waals surface area contributed by atoms with Crippen LogP contribution in [0, 0.1) is 0 Å². The van der Waals surface area contributed by atoms with E-state index in [2.05, 4.69) is 70.5 Å². The lowest BCUT2D eigenvalue weighted by Gasteiger charge is -2.16. The first-order chi connectivity index (χ1) is 17.2. The van der Waals surface area contributed by atoms with Crippen LogP contribution in [0.1, 0.15) is 0 Å². The summed E-state index contributed by atoms with van der Waals surface area (Å²) < 4.78 is 2.21. The molecule has 0 unspecified atom stereocenters. The second kappa shape index (κ2) is 8.80.